The molecular formula is C11H9Cl2N. The summed E-state index contributed by atoms with van der Waals surface area (Å²) in [6.07, 6.45) is 1.96. The SMILES string of the molecule is C=C(Cl)Cn1ccc2cccc(Cl)c21. The first-order valence-electron chi connectivity index (χ1n) is 4.25. The minimum atomic E-state index is 0.592. The van der Waals surface area contributed by atoms with Crippen molar-refractivity contribution in [3.63, 3.8) is 0 Å². The van der Waals surface area contributed by atoms with Crippen LogP contribution in [0.5, 0.6) is 0 Å². The Morgan fingerprint density at radius 2 is 2.14 bits per heavy atom. The van der Waals surface area contributed by atoms with Crippen LogP contribution >= 0.6 is 23.2 Å². The summed E-state index contributed by atoms with van der Waals surface area (Å²) in [7, 11) is 0. The van der Waals surface area contributed by atoms with Crippen molar-refractivity contribution < 1.29 is 0 Å². The third-order valence-corrected chi connectivity index (χ3v) is 2.51. The average Bonchev–Trinajstić information content (AvgIpc) is 2.49. The molecular weight excluding hydrogens is 217 g/mol. The minimum absolute atomic E-state index is 0.592. The summed E-state index contributed by atoms with van der Waals surface area (Å²) in [4.78, 5) is 0. The fourth-order valence-corrected chi connectivity index (χ4v) is 1.95. The van der Waals surface area contributed by atoms with Gasteiger partial charge in [0.2, 0.25) is 0 Å². The van der Waals surface area contributed by atoms with Gasteiger partial charge in [-0.3, -0.25) is 0 Å². The maximum Gasteiger partial charge on any atom is 0.0673 e. The lowest BCUT2D eigenvalue weighted by atomic mass is 10.2. The smallest absolute Gasteiger partial charge is 0.0673 e. The molecule has 0 saturated carbocycles. The highest BCUT2D eigenvalue weighted by atomic mass is 35.5. The van der Waals surface area contributed by atoms with Gasteiger partial charge in [-0.2, -0.15) is 0 Å². The van der Waals surface area contributed by atoms with Gasteiger partial charge in [0.15, 0.2) is 0 Å². The summed E-state index contributed by atoms with van der Waals surface area (Å²) in [5, 5.41) is 2.46. The number of hydrogen-bond acceptors (Lipinski definition) is 0. The molecule has 0 N–H and O–H groups in total. The van der Waals surface area contributed by atoms with Crippen molar-refractivity contribution in [2.45, 2.75) is 6.54 Å². The minimum Gasteiger partial charge on any atom is -0.341 e. The van der Waals surface area contributed by atoms with Crippen LogP contribution in [0.3, 0.4) is 0 Å². The molecule has 0 aliphatic rings. The molecule has 1 aromatic heterocycles. The van der Waals surface area contributed by atoms with E-state index in [0.29, 0.717) is 11.6 Å². The zero-order chi connectivity index (χ0) is 10.1. The summed E-state index contributed by atoms with van der Waals surface area (Å²) in [6, 6.07) is 7.84. The molecule has 3 heteroatoms. The Bertz CT molecular complexity index is 485. The van der Waals surface area contributed by atoms with E-state index in [1.807, 2.05) is 35.0 Å². The third-order valence-electron chi connectivity index (χ3n) is 2.08. The molecule has 0 aliphatic heterocycles. The van der Waals surface area contributed by atoms with E-state index in [1.54, 1.807) is 0 Å². The van der Waals surface area contributed by atoms with Gasteiger partial charge in [-0.1, -0.05) is 41.9 Å². The first kappa shape index (κ1) is 9.63. The molecule has 0 saturated heterocycles. The lowest BCUT2D eigenvalue weighted by Gasteiger charge is -2.04. The number of allylic oxidation sites excluding steroid dienone is 1. The van der Waals surface area contributed by atoms with Crippen LogP contribution in [0.4, 0.5) is 0 Å². The number of benzene rings is 1. The molecule has 0 atom stereocenters. The molecule has 0 amide bonds. The lowest BCUT2D eigenvalue weighted by Crippen LogP contribution is -1.95. The normalized spacial score (nSPS) is 10.7. The Morgan fingerprint density at radius 1 is 1.36 bits per heavy atom. The van der Waals surface area contributed by atoms with Crippen LogP contribution in [-0.4, -0.2) is 4.57 Å². The van der Waals surface area contributed by atoms with Crippen LogP contribution in [-0.2, 0) is 6.54 Å². The topological polar surface area (TPSA) is 4.93 Å². The van der Waals surface area contributed by atoms with Gasteiger partial charge in [-0.05, 0) is 12.1 Å². The highest BCUT2D eigenvalue weighted by Gasteiger charge is 2.04. The zero-order valence-corrected chi connectivity index (χ0v) is 9.02. The molecule has 0 fully saturated rings. The van der Waals surface area contributed by atoms with Gasteiger partial charge in [0, 0.05) is 16.6 Å². The van der Waals surface area contributed by atoms with Crippen molar-refractivity contribution in [1.82, 2.24) is 4.57 Å². The Hall–Kier alpha value is -0.920. The zero-order valence-electron chi connectivity index (χ0n) is 7.50. The lowest BCUT2D eigenvalue weighted by molar-refractivity contribution is 0.854. The highest BCUT2D eigenvalue weighted by Crippen LogP contribution is 2.25. The first-order chi connectivity index (χ1) is 6.68. The number of aromatic nitrogens is 1. The average molecular weight is 226 g/mol. The number of halogens is 2. The van der Waals surface area contributed by atoms with Crippen molar-refractivity contribution in [1.29, 1.82) is 0 Å². The second-order valence-electron chi connectivity index (χ2n) is 3.14. The molecule has 72 valence electrons. The van der Waals surface area contributed by atoms with Crippen molar-refractivity contribution >= 4 is 34.1 Å². The first-order valence-corrected chi connectivity index (χ1v) is 5.01. The van der Waals surface area contributed by atoms with E-state index in [2.05, 4.69) is 6.58 Å². The van der Waals surface area contributed by atoms with Gasteiger partial charge in [0.1, 0.15) is 0 Å². The van der Waals surface area contributed by atoms with Crippen LogP contribution in [0.15, 0.2) is 42.1 Å². The predicted molar refractivity (Wildman–Crippen MR) is 61.9 cm³/mol. The van der Waals surface area contributed by atoms with E-state index in [0.717, 1.165) is 15.9 Å². The summed E-state index contributed by atoms with van der Waals surface area (Å²) in [5.74, 6) is 0. The summed E-state index contributed by atoms with van der Waals surface area (Å²) in [5.41, 5.74) is 1.01. The Morgan fingerprint density at radius 3 is 2.86 bits per heavy atom. The van der Waals surface area contributed by atoms with Crippen LogP contribution < -0.4 is 0 Å². The van der Waals surface area contributed by atoms with Crippen molar-refractivity contribution in [3.05, 3.63) is 47.1 Å². The van der Waals surface area contributed by atoms with Crippen molar-refractivity contribution in [3.8, 4) is 0 Å². The van der Waals surface area contributed by atoms with E-state index in [4.69, 9.17) is 23.2 Å². The number of para-hydroxylation sites is 1. The Kier molecular flexibility index (Phi) is 2.53. The molecule has 0 radical (unpaired) electrons. The maximum absolute atomic E-state index is 6.09. The highest BCUT2D eigenvalue weighted by molar-refractivity contribution is 6.35. The molecule has 0 spiro atoms. The van der Waals surface area contributed by atoms with Gasteiger partial charge >= 0.3 is 0 Å². The molecule has 0 bridgehead atoms. The number of hydrogen-bond donors (Lipinski definition) is 0. The van der Waals surface area contributed by atoms with E-state index in [-0.39, 0.29) is 0 Å². The summed E-state index contributed by atoms with van der Waals surface area (Å²) < 4.78 is 1.99. The van der Waals surface area contributed by atoms with Crippen molar-refractivity contribution in [2.75, 3.05) is 0 Å². The van der Waals surface area contributed by atoms with E-state index in [9.17, 15) is 0 Å². The maximum atomic E-state index is 6.09. The van der Waals surface area contributed by atoms with Gasteiger partial charge in [0.05, 0.1) is 17.1 Å². The fourth-order valence-electron chi connectivity index (χ4n) is 1.53. The quantitative estimate of drug-likeness (QED) is 0.727. The van der Waals surface area contributed by atoms with Crippen LogP contribution in [0.1, 0.15) is 0 Å². The van der Waals surface area contributed by atoms with Gasteiger partial charge < -0.3 is 4.57 Å². The standard InChI is InChI=1S/C11H9Cl2N/c1-8(12)7-14-6-5-9-3-2-4-10(13)11(9)14/h2-6H,1,7H2. The molecule has 0 aliphatic carbocycles. The largest absolute Gasteiger partial charge is 0.341 e. The van der Waals surface area contributed by atoms with E-state index >= 15 is 0 Å². The molecule has 14 heavy (non-hydrogen) atoms. The molecule has 1 nitrogen and oxygen atoms in total. The molecule has 1 aromatic carbocycles. The third kappa shape index (κ3) is 1.66. The van der Waals surface area contributed by atoms with Crippen LogP contribution in [0, 0.1) is 0 Å². The fraction of sp³-hybridized carbons (Fsp3) is 0.0909. The van der Waals surface area contributed by atoms with Crippen LogP contribution in [0.25, 0.3) is 10.9 Å². The van der Waals surface area contributed by atoms with Crippen LogP contribution in [0.2, 0.25) is 5.02 Å². The van der Waals surface area contributed by atoms with Gasteiger partial charge in [-0.15, -0.1) is 0 Å². The van der Waals surface area contributed by atoms with Gasteiger partial charge in [0.25, 0.3) is 0 Å². The van der Waals surface area contributed by atoms with E-state index in [1.165, 1.54) is 0 Å². The summed E-state index contributed by atoms with van der Waals surface area (Å²) >= 11 is 11.9. The monoisotopic (exact) mass is 225 g/mol. The predicted octanol–water partition coefficient (Wildman–Crippen LogP) is 4.05. The number of fused-ring (bicyclic) bond motifs is 1. The molecule has 2 rings (SSSR count). The van der Waals surface area contributed by atoms with Gasteiger partial charge in [-0.25, -0.2) is 0 Å². The second kappa shape index (κ2) is 3.68. The number of nitrogens with zero attached hydrogens (tertiary/aromatic N) is 1. The summed E-state index contributed by atoms with van der Waals surface area (Å²) in [6.45, 7) is 4.26. The van der Waals surface area contributed by atoms with E-state index < -0.39 is 0 Å². The Balaban J connectivity index is 2.61. The second-order valence-corrected chi connectivity index (χ2v) is 4.08. The number of rotatable bonds is 2. The molecule has 1 heterocycles. The van der Waals surface area contributed by atoms with Crippen molar-refractivity contribution in [2.24, 2.45) is 0 Å². The molecule has 2 aromatic rings. The molecule has 0 unspecified atom stereocenters. The Labute approximate surface area is 92.5 Å².